The zero-order valence-corrected chi connectivity index (χ0v) is 15.3. The molecule has 1 aliphatic heterocycles. The van der Waals surface area contributed by atoms with E-state index in [0.29, 0.717) is 0 Å². The molecule has 0 aromatic heterocycles. The van der Waals surface area contributed by atoms with E-state index in [2.05, 4.69) is 36.1 Å². The molecule has 5 nitrogen and oxygen atoms in total. The number of benzene rings is 2. The van der Waals surface area contributed by atoms with Gasteiger partial charge in [0.05, 0.1) is 0 Å². The second-order valence-corrected chi connectivity index (χ2v) is 6.72. The molecule has 5 heteroatoms. The van der Waals surface area contributed by atoms with Crippen molar-refractivity contribution >= 4 is 29.4 Å². The number of anilines is 2. The number of carbonyl (C=O) groups excluding carboxylic acids is 2. The van der Waals surface area contributed by atoms with Crippen LogP contribution in [-0.4, -0.2) is 24.8 Å². The van der Waals surface area contributed by atoms with Gasteiger partial charge in [0.15, 0.2) is 0 Å². The molecule has 0 unspecified atom stereocenters. The lowest BCUT2D eigenvalue weighted by Gasteiger charge is -2.29. The topological polar surface area (TPSA) is 55.8 Å². The molecular weight excluding hydrogens is 330 g/mol. The molecule has 2 aromatic carbocycles. The first-order valence-corrected chi connectivity index (χ1v) is 8.34. The van der Waals surface area contributed by atoms with Gasteiger partial charge in [-0.3, -0.25) is 0 Å². The van der Waals surface area contributed by atoms with Gasteiger partial charge in [-0.1, -0.05) is 29.8 Å². The van der Waals surface area contributed by atoms with E-state index in [9.17, 15) is 9.59 Å². The molecule has 134 valence electrons. The highest BCUT2D eigenvalue weighted by atomic mass is 16.7. The highest BCUT2D eigenvalue weighted by Crippen LogP contribution is 2.26. The molecule has 26 heavy (non-hydrogen) atoms. The summed E-state index contributed by atoms with van der Waals surface area (Å²) in [5.41, 5.74) is 3.88. The van der Waals surface area contributed by atoms with Crippen molar-refractivity contribution in [3.63, 3.8) is 0 Å². The number of aryl methyl sites for hydroxylation is 1. The minimum absolute atomic E-state index is 0.107. The number of carbonyl (C=O) groups is 2. The van der Waals surface area contributed by atoms with Crippen LogP contribution in [0.2, 0.25) is 0 Å². The van der Waals surface area contributed by atoms with Gasteiger partial charge < -0.3 is 14.4 Å². The summed E-state index contributed by atoms with van der Waals surface area (Å²) in [6, 6.07) is 15.8. The monoisotopic (exact) mass is 351 g/mol. The van der Waals surface area contributed by atoms with Gasteiger partial charge in [-0.05, 0) is 42.8 Å². The van der Waals surface area contributed by atoms with Crippen LogP contribution in [0.15, 0.2) is 54.1 Å². The van der Waals surface area contributed by atoms with Crippen molar-refractivity contribution in [2.24, 2.45) is 0 Å². The van der Waals surface area contributed by atoms with Gasteiger partial charge in [-0.25, -0.2) is 9.59 Å². The Morgan fingerprint density at radius 2 is 1.31 bits per heavy atom. The minimum Gasteiger partial charge on any atom is -0.419 e. The van der Waals surface area contributed by atoms with Crippen molar-refractivity contribution in [2.75, 3.05) is 11.9 Å². The Labute approximate surface area is 152 Å². The van der Waals surface area contributed by atoms with E-state index in [4.69, 9.17) is 9.47 Å². The number of esters is 2. The summed E-state index contributed by atoms with van der Waals surface area (Å²) in [5.74, 6) is -2.58. The third kappa shape index (κ3) is 3.77. The van der Waals surface area contributed by atoms with Gasteiger partial charge in [0, 0.05) is 32.3 Å². The second-order valence-electron chi connectivity index (χ2n) is 6.72. The van der Waals surface area contributed by atoms with E-state index in [1.165, 1.54) is 25.5 Å². The Balaban J connectivity index is 1.80. The van der Waals surface area contributed by atoms with Crippen molar-refractivity contribution in [1.82, 2.24) is 0 Å². The molecule has 0 aliphatic carbocycles. The van der Waals surface area contributed by atoms with Crippen molar-refractivity contribution in [3.8, 4) is 0 Å². The summed E-state index contributed by atoms with van der Waals surface area (Å²) < 4.78 is 10.2. The van der Waals surface area contributed by atoms with Crippen LogP contribution in [0.3, 0.4) is 0 Å². The van der Waals surface area contributed by atoms with Crippen LogP contribution in [0.25, 0.3) is 6.08 Å². The van der Waals surface area contributed by atoms with E-state index in [1.54, 1.807) is 0 Å². The summed E-state index contributed by atoms with van der Waals surface area (Å²) >= 11 is 0. The van der Waals surface area contributed by atoms with Crippen LogP contribution in [0.5, 0.6) is 0 Å². The highest BCUT2D eigenvalue weighted by Gasteiger charge is 2.38. The van der Waals surface area contributed by atoms with Gasteiger partial charge in [0.2, 0.25) is 0 Å². The van der Waals surface area contributed by atoms with Crippen molar-refractivity contribution in [2.45, 2.75) is 26.6 Å². The minimum atomic E-state index is -1.23. The van der Waals surface area contributed by atoms with Crippen molar-refractivity contribution in [3.05, 3.63) is 65.2 Å². The molecule has 1 saturated heterocycles. The van der Waals surface area contributed by atoms with Crippen molar-refractivity contribution in [1.29, 1.82) is 0 Å². The maximum absolute atomic E-state index is 12.0. The lowest BCUT2D eigenvalue weighted by Crippen LogP contribution is -2.41. The number of rotatable bonds is 3. The van der Waals surface area contributed by atoms with Crippen LogP contribution < -0.4 is 4.90 Å². The van der Waals surface area contributed by atoms with E-state index in [-0.39, 0.29) is 5.57 Å². The van der Waals surface area contributed by atoms with Gasteiger partial charge in [-0.15, -0.1) is 0 Å². The smallest absolute Gasteiger partial charge is 0.348 e. The molecule has 1 heterocycles. The summed E-state index contributed by atoms with van der Waals surface area (Å²) in [6.45, 7) is 5.10. The average molecular weight is 351 g/mol. The predicted molar refractivity (Wildman–Crippen MR) is 99.9 cm³/mol. The first-order chi connectivity index (χ1) is 12.2. The first kappa shape index (κ1) is 17.7. The van der Waals surface area contributed by atoms with E-state index >= 15 is 0 Å². The number of hydrogen-bond donors (Lipinski definition) is 0. The van der Waals surface area contributed by atoms with E-state index in [0.717, 1.165) is 16.9 Å². The van der Waals surface area contributed by atoms with Crippen molar-refractivity contribution < 1.29 is 19.1 Å². The molecule has 1 aliphatic rings. The highest BCUT2D eigenvalue weighted by molar-refractivity contribution is 6.18. The second kappa shape index (κ2) is 6.67. The Morgan fingerprint density at radius 3 is 1.81 bits per heavy atom. The molecule has 0 bridgehead atoms. The van der Waals surface area contributed by atoms with Crippen LogP contribution >= 0.6 is 0 Å². The molecular formula is C21H21NO4. The lowest BCUT2D eigenvalue weighted by atomic mass is 10.1. The zero-order chi connectivity index (χ0) is 18.9. The van der Waals surface area contributed by atoms with Gasteiger partial charge in [0.1, 0.15) is 5.57 Å². The molecule has 0 spiro atoms. The normalized spacial score (nSPS) is 15.9. The summed E-state index contributed by atoms with van der Waals surface area (Å²) in [6.07, 6.45) is 1.48. The van der Waals surface area contributed by atoms with Gasteiger partial charge >= 0.3 is 11.9 Å². The maximum Gasteiger partial charge on any atom is 0.348 e. The van der Waals surface area contributed by atoms with Crippen LogP contribution in [-0.2, 0) is 19.1 Å². The largest absolute Gasteiger partial charge is 0.419 e. The first-order valence-electron chi connectivity index (χ1n) is 8.34. The lowest BCUT2D eigenvalue weighted by molar-refractivity contribution is -0.222. The summed E-state index contributed by atoms with van der Waals surface area (Å²) in [5, 5.41) is 0. The standard InChI is InChI=1S/C21H21NO4/c1-14-5-9-16(10-6-14)22(4)17-11-7-15(8-12-17)13-18-19(23)25-21(2,3)26-20(18)24/h5-13H,1-4H3. The number of ether oxygens (including phenoxy) is 2. The SMILES string of the molecule is Cc1ccc(N(C)c2ccc(C=C3C(=O)OC(C)(C)OC3=O)cc2)cc1. The maximum atomic E-state index is 12.0. The van der Waals surface area contributed by atoms with Crippen LogP contribution in [0.4, 0.5) is 11.4 Å². The molecule has 1 fully saturated rings. The molecule has 0 amide bonds. The Kier molecular flexibility index (Phi) is 4.55. The third-order valence-corrected chi connectivity index (χ3v) is 4.13. The zero-order valence-electron chi connectivity index (χ0n) is 15.3. The number of cyclic esters (lactones) is 2. The molecule has 0 atom stereocenters. The Hall–Kier alpha value is -3.08. The Morgan fingerprint density at radius 1 is 0.846 bits per heavy atom. The van der Waals surface area contributed by atoms with Gasteiger partial charge in [-0.2, -0.15) is 0 Å². The quantitative estimate of drug-likeness (QED) is 0.476. The fraction of sp³-hybridized carbons (Fsp3) is 0.238. The number of nitrogens with zero attached hydrogens (tertiary/aromatic N) is 1. The average Bonchev–Trinajstić information content (AvgIpc) is 2.58. The molecule has 0 N–H and O–H groups in total. The Bertz CT molecular complexity index is 842. The molecule has 2 aromatic rings. The predicted octanol–water partition coefficient (Wildman–Crippen LogP) is 3.98. The fourth-order valence-corrected chi connectivity index (χ4v) is 2.66. The third-order valence-electron chi connectivity index (χ3n) is 4.13. The van der Waals surface area contributed by atoms with Crippen LogP contribution in [0, 0.1) is 6.92 Å². The van der Waals surface area contributed by atoms with Crippen LogP contribution in [0.1, 0.15) is 25.0 Å². The molecule has 3 rings (SSSR count). The summed E-state index contributed by atoms with van der Waals surface area (Å²) in [7, 11) is 1.98. The number of hydrogen-bond acceptors (Lipinski definition) is 5. The summed E-state index contributed by atoms with van der Waals surface area (Å²) in [4.78, 5) is 26.1. The fourth-order valence-electron chi connectivity index (χ4n) is 2.66. The molecule has 0 saturated carbocycles. The van der Waals surface area contributed by atoms with E-state index < -0.39 is 17.7 Å². The molecule has 0 radical (unpaired) electrons. The van der Waals surface area contributed by atoms with E-state index in [1.807, 2.05) is 31.3 Å². The van der Waals surface area contributed by atoms with Gasteiger partial charge in [0.25, 0.3) is 5.79 Å².